The molecule has 0 bridgehead atoms. The van der Waals surface area contributed by atoms with E-state index in [0.29, 0.717) is 17.0 Å². The molecule has 6 heteroatoms. The summed E-state index contributed by atoms with van der Waals surface area (Å²) in [5.41, 5.74) is -0.0236. The number of carbonyl (C=O) groups is 2. The van der Waals surface area contributed by atoms with E-state index in [1.165, 1.54) is 37.5 Å². The third kappa shape index (κ3) is 3.66. The zero-order valence-electron chi connectivity index (χ0n) is 13.5. The third-order valence-electron chi connectivity index (χ3n) is 5.07. The van der Waals surface area contributed by atoms with Crippen LogP contribution in [0.25, 0.3) is 0 Å². The van der Waals surface area contributed by atoms with Crippen molar-refractivity contribution in [3.05, 3.63) is 28.8 Å². The lowest BCUT2D eigenvalue weighted by Gasteiger charge is -2.44. The molecular formula is C18H22ClNO4. The first kappa shape index (κ1) is 17.1. The Kier molecular flexibility index (Phi) is 5.29. The van der Waals surface area contributed by atoms with E-state index in [-0.39, 0.29) is 23.8 Å². The standard InChI is InChI=1S/C18H22ClNO4/c19-13-7-8-16(21)14(10-13)18(23)24-11-17(22)20-9-3-5-12-4-1-2-6-15(12)20/h7-8,10,12,15,21H,1-6,9,11H2/t12-,15-/m0/s1. The summed E-state index contributed by atoms with van der Waals surface area (Å²) in [6, 6.07) is 4.44. The summed E-state index contributed by atoms with van der Waals surface area (Å²) in [7, 11) is 0. The molecule has 1 aromatic rings. The molecule has 0 unspecified atom stereocenters. The Hall–Kier alpha value is -1.75. The highest BCUT2D eigenvalue weighted by atomic mass is 35.5. The number of hydrogen-bond acceptors (Lipinski definition) is 4. The van der Waals surface area contributed by atoms with Gasteiger partial charge < -0.3 is 14.7 Å². The summed E-state index contributed by atoms with van der Waals surface area (Å²) in [4.78, 5) is 26.5. The smallest absolute Gasteiger partial charge is 0.342 e. The summed E-state index contributed by atoms with van der Waals surface area (Å²) < 4.78 is 5.11. The van der Waals surface area contributed by atoms with Gasteiger partial charge in [0.05, 0.1) is 0 Å². The zero-order valence-corrected chi connectivity index (χ0v) is 14.3. The number of carbonyl (C=O) groups excluding carboxylic acids is 2. The minimum absolute atomic E-state index is 0.0236. The molecule has 0 spiro atoms. The highest BCUT2D eigenvalue weighted by Gasteiger charge is 2.35. The molecule has 24 heavy (non-hydrogen) atoms. The molecule has 0 aromatic heterocycles. The lowest BCUT2D eigenvalue weighted by molar-refractivity contribution is -0.140. The average Bonchev–Trinajstić information content (AvgIpc) is 2.61. The Balaban J connectivity index is 1.60. The van der Waals surface area contributed by atoms with Gasteiger partial charge in [0.25, 0.3) is 5.91 Å². The molecule has 2 atom stereocenters. The van der Waals surface area contributed by atoms with Gasteiger partial charge in [-0.05, 0) is 49.8 Å². The summed E-state index contributed by atoms with van der Waals surface area (Å²) in [6.45, 7) is 0.438. The van der Waals surface area contributed by atoms with Crippen molar-refractivity contribution in [3.63, 3.8) is 0 Å². The van der Waals surface area contributed by atoms with Gasteiger partial charge in [0.2, 0.25) is 0 Å². The van der Waals surface area contributed by atoms with Crippen LogP contribution in [0, 0.1) is 5.92 Å². The first-order chi connectivity index (χ1) is 11.6. The lowest BCUT2D eigenvalue weighted by Crippen LogP contribution is -2.50. The van der Waals surface area contributed by atoms with Crippen molar-refractivity contribution in [3.8, 4) is 5.75 Å². The fourth-order valence-corrected chi connectivity index (χ4v) is 4.07. The molecular weight excluding hydrogens is 330 g/mol. The van der Waals surface area contributed by atoms with E-state index >= 15 is 0 Å². The quantitative estimate of drug-likeness (QED) is 0.848. The number of amides is 1. The predicted octanol–water partition coefficient (Wildman–Crippen LogP) is 3.38. The molecule has 1 heterocycles. The maximum atomic E-state index is 12.5. The SMILES string of the molecule is O=C(OCC(=O)N1CCC[C@@H]2CCCC[C@@H]21)c1cc(Cl)ccc1O. The van der Waals surface area contributed by atoms with Gasteiger partial charge in [-0.25, -0.2) is 4.79 Å². The first-order valence-electron chi connectivity index (χ1n) is 8.51. The van der Waals surface area contributed by atoms with Crippen LogP contribution in [-0.4, -0.2) is 41.1 Å². The molecule has 1 aliphatic carbocycles. The molecule has 1 N–H and O–H groups in total. The second kappa shape index (κ2) is 7.43. The van der Waals surface area contributed by atoms with Gasteiger partial charge in [-0.2, -0.15) is 0 Å². The molecule has 1 aromatic carbocycles. The Labute approximate surface area is 146 Å². The van der Waals surface area contributed by atoms with Crippen molar-refractivity contribution in [1.29, 1.82) is 0 Å². The number of likely N-dealkylation sites (tertiary alicyclic amines) is 1. The fraction of sp³-hybridized carbons (Fsp3) is 0.556. The molecule has 2 fully saturated rings. The van der Waals surface area contributed by atoms with Gasteiger partial charge in [-0.15, -0.1) is 0 Å². The van der Waals surface area contributed by atoms with E-state index in [0.717, 1.165) is 25.8 Å². The number of halogens is 1. The molecule has 1 aliphatic heterocycles. The van der Waals surface area contributed by atoms with Crippen LogP contribution in [0.15, 0.2) is 18.2 Å². The predicted molar refractivity (Wildman–Crippen MR) is 90.1 cm³/mol. The highest BCUT2D eigenvalue weighted by molar-refractivity contribution is 6.31. The number of ether oxygens (including phenoxy) is 1. The van der Waals surface area contributed by atoms with Crippen LogP contribution in [0.5, 0.6) is 5.75 Å². The molecule has 3 rings (SSSR count). The lowest BCUT2D eigenvalue weighted by atomic mass is 9.78. The van der Waals surface area contributed by atoms with Gasteiger partial charge in [-0.3, -0.25) is 4.79 Å². The number of benzene rings is 1. The summed E-state index contributed by atoms with van der Waals surface area (Å²) in [5.74, 6) is -0.506. The monoisotopic (exact) mass is 351 g/mol. The largest absolute Gasteiger partial charge is 0.507 e. The number of phenolic OH excluding ortho intramolecular Hbond substituents is 1. The summed E-state index contributed by atoms with van der Waals surface area (Å²) >= 11 is 5.83. The second-order valence-corrected chi connectivity index (χ2v) is 7.02. The number of nitrogens with zero attached hydrogens (tertiary/aromatic N) is 1. The van der Waals surface area contributed by atoms with E-state index in [1.807, 2.05) is 4.90 Å². The number of aromatic hydroxyl groups is 1. The van der Waals surface area contributed by atoms with Crippen LogP contribution in [-0.2, 0) is 9.53 Å². The van der Waals surface area contributed by atoms with E-state index < -0.39 is 5.97 Å². The molecule has 1 saturated carbocycles. The molecule has 1 saturated heterocycles. The van der Waals surface area contributed by atoms with E-state index in [1.54, 1.807) is 0 Å². The van der Waals surface area contributed by atoms with Crippen molar-refractivity contribution >= 4 is 23.5 Å². The molecule has 5 nitrogen and oxygen atoms in total. The third-order valence-corrected chi connectivity index (χ3v) is 5.30. The molecule has 2 aliphatic rings. The first-order valence-corrected chi connectivity index (χ1v) is 8.89. The van der Waals surface area contributed by atoms with Crippen molar-refractivity contribution < 1.29 is 19.4 Å². The summed E-state index contributed by atoms with van der Waals surface area (Å²) in [5, 5.41) is 10.0. The van der Waals surface area contributed by atoms with Crippen LogP contribution >= 0.6 is 11.6 Å². The van der Waals surface area contributed by atoms with Crippen molar-refractivity contribution in [1.82, 2.24) is 4.90 Å². The molecule has 1 amide bonds. The minimum atomic E-state index is -0.736. The fourth-order valence-electron chi connectivity index (χ4n) is 3.89. The van der Waals surface area contributed by atoms with Crippen LogP contribution < -0.4 is 0 Å². The van der Waals surface area contributed by atoms with E-state index in [4.69, 9.17) is 16.3 Å². The Morgan fingerprint density at radius 2 is 1.96 bits per heavy atom. The summed E-state index contributed by atoms with van der Waals surface area (Å²) in [6.07, 6.45) is 6.82. The van der Waals surface area contributed by atoms with Gasteiger partial charge in [0.15, 0.2) is 6.61 Å². The van der Waals surface area contributed by atoms with Gasteiger partial charge in [-0.1, -0.05) is 24.4 Å². The maximum Gasteiger partial charge on any atom is 0.342 e. The minimum Gasteiger partial charge on any atom is -0.507 e. The van der Waals surface area contributed by atoms with Gasteiger partial charge in [0, 0.05) is 17.6 Å². The van der Waals surface area contributed by atoms with Crippen molar-refractivity contribution in [2.45, 2.75) is 44.6 Å². The average molecular weight is 352 g/mol. The normalized spacial score (nSPS) is 23.5. The number of phenols is 1. The second-order valence-electron chi connectivity index (χ2n) is 6.58. The Bertz CT molecular complexity index is 631. The maximum absolute atomic E-state index is 12.5. The number of rotatable bonds is 3. The number of piperidine rings is 1. The Morgan fingerprint density at radius 1 is 1.21 bits per heavy atom. The van der Waals surface area contributed by atoms with Gasteiger partial charge >= 0.3 is 5.97 Å². The van der Waals surface area contributed by atoms with Crippen molar-refractivity contribution in [2.24, 2.45) is 5.92 Å². The molecule has 130 valence electrons. The number of hydrogen-bond donors (Lipinski definition) is 1. The van der Waals surface area contributed by atoms with E-state index in [2.05, 4.69) is 0 Å². The van der Waals surface area contributed by atoms with Crippen LogP contribution in [0.2, 0.25) is 5.02 Å². The van der Waals surface area contributed by atoms with E-state index in [9.17, 15) is 14.7 Å². The van der Waals surface area contributed by atoms with Crippen LogP contribution in [0.3, 0.4) is 0 Å². The Morgan fingerprint density at radius 3 is 2.79 bits per heavy atom. The topological polar surface area (TPSA) is 66.8 Å². The number of esters is 1. The van der Waals surface area contributed by atoms with Gasteiger partial charge in [0.1, 0.15) is 11.3 Å². The van der Waals surface area contributed by atoms with Crippen LogP contribution in [0.1, 0.15) is 48.9 Å². The zero-order chi connectivity index (χ0) is 17.1. The highest BCUT2D eigenvalue weighted by Crippen LogP contribution is 2.35. The molecule has 0 radical (unpaired) electrons. The van der Waals surface area contributed by atoms with Crippen LogP contribution in [0.4, 0.5) is 0 Å². The number of fused-ring (bicyclic) bond motifs is 1. The van der Waals surface area contributed by atoms with Crippen molar-refractivity contribution in [2.75, 3.05) is 13.2 Å².